The van der Waals surface area contributed by atoms with Crippen molar-refractivity contribution in [1.82, 2.24) is 9.80 Å². The molecule has 0 radical (unpaired) electrons. The number of hydrogen-bond acceptors (Lipinski definition) is 3. The Morgan fingerprint density at radius 1 is 1.50 bits per heavy atom. The molecule has 2 atom stereocenters. The van der Waals surface area contributed by atoms with E-state index in [1.807, 2.05) is 0 Å². The number of hydrogen-bond donors (Lipinski definition) is 1. The molecule has 1 aliphatic rings. The first kappa shape index (κ1) is 13.9. The first-order chi connectivity index (χ1) is 7.54. The molecule has 0 bridgehead atoms. The van der Waals surface area contributed by atoms with Crippen molar-refractivity contribution in [3.63, 3.8) is 0 Å². The lowest BCUT2D eigenvalue weighted by Gasteiger charge is -2.31. The van der Waals surface area contributed by atoms with Crippen LogP contribution in [0, 0.1) is 5.92 Å². The summed E-state index contributed by atoms with van der Waals surface area (Å²) in [6.07, 6.45) is 2.45. The van der Waals surface area contributed by atoms with E-state index in [1.165, 1.54) is 32.5 Å². The van der Waals surface area contributed by atoms with Gasteiger partial charge in [0, 0.05) is 25.0 Å². The predicted molar refractivity (Wildman–Crippen MR) is 73.7 cm³/mol. The number of likely N-dealkylation sites (N-methyl/N-ethyl adjacent to an activating group) is 1. The van der Waals surface area contributed by atoms with Crippen LogP contribution in [0.4, 0.5) is 0 Å². The third-order valence-corrected chi connectivity index (χ3v) is 3.89. The zero-order valence-corrected chi connectivity index (χ0v) is 11.6. The van der Waals surface area contributed by atoms with Gasteiger partial charge < -0.3 is 10.6 Å². The molecule has 2 unspecified atom stereocenters. The quantitative estimate of drug-likeness (QED) is 0.755. The normalized spacial score (nSPS) is 26.3. The van der Waals surface area contributed by atoms with E-state index in [9.17, 15) is 0 Å². The van der Waals surface area contributed by atoms with Crippen LogP contribution in [0.25, 0.3) is 0 Å². The highest BCUT2D eigenvalue weighted by atomic mass is 32.1. The molecule has 16 heavy (non-hydrogen) atoms. The molecule has 94 valence electrons. The standard InChI is InChI=1S/C12H25N3S/c1-4-11-9-14(3)6-5-7-15(11)8-10(2)12(13)16/h10-11H,4-9H2,1-3H3,(H2,13,16). The molecule has 1 rings (SSSR count). The third-order valence-electron chi connectivity index (χ3n) is 3.49. The van der Waals surface area contributed by atoms with E-state index < -0.39 is 0 Å². The summed E-state index contributed by atoms with van der Waals surface area (Å²) in [4.78, 5) is 5.64. The maximum atomic E-state index is 5.70. The van der Waals surface area contributed by atoms with Crippen LogP contribution < -0.4 is 5.73 Å². The summed E-state index contributed by atoms with van der Waals surface area (Å²) in [5.74, 6) is 0.326. The molecule has 0 aromatic rings. The second kappa shape index (κ2) is 6.52. The molecule has 0 saturated carbocycles. The molecule has 3 nitrogen and oxygen atoms in total. The van der Waals surface area contributed by atoms with Crippen LogP contribution in [0.1, 0.15) is 26.7 Å². The SMILES string of the molecule is CCC1CN(C)CCCN1CC(C)C(N)=S. The number of nitrogens with zero attached hydrogens (tertiary/aromatic N) is 2. The Balaban J connectivity index is 2.57. The van der Waals surface area contributed by atoms with E-state index in [4.69, 9.17) is 18.0 Å². The highest BCUT2D eigenvalue weighted by Gasteiger charge is 2.23. The summed E-state index contributed by atoms with van der Waals surface area (Å²) in [5, 5.41) is 0. The van der Waals surface area contributed by atoms with Gasteiger partial charge in [0.1, 0.15) is 0 Å². The Bertz CT molecular complexity index is 232. The van der Waals surface area contributed by atoms with Gasteiger partial charge >= 0.3 is 0 Å². The molecular formula is C12H25N3S. The first-order valence-electron chi connectivity index (χ1n) is 6.26. The summed E-state index contributed by atoms with van der Waals surface area (Å²) in [7, 11) is 2.21. The third kappa shape index (κ3) is 4.00. The topological polar surface area (TPSA) is 32.5 Å². The van der Waals surface area contributed by atoms with Crippen molar-refractivity contribution < 1.29 is 0 Å². The van der Waals surface area contributed by atoms with Crippen molar-refractivity contribution in [3.05, 3.63) is 0 Å². The van der Waals surface area contributed by atoms with E-state index in [1.54, 1.807) is 0 Å². The zero-order valence-electron chi connectivity index (χ0n) is 10.8. The molecular weight excluding hydrogens is 218 g/mol. The summed E-state index contributed by atoms with van der Waals surface area (Å²) in [6.45, 7) is 8.96. The molecule has 0 aromatic heterocycles. The largest absolute Gasteiger partial charge is 0.393 e. The van der Waals surface area contributed by atoms with Crippen LogP contribution in [0.2, 0.25) is 0 Å². The maximum absolute atomic E-state index is 5.70. The maximum Gasteiger partial charge on any atom is 0.0768 e. The van der Waals surface area contributed by atoms with Gasteiger partial charge in [-0.2, -0.15) is 0 Å². The monoisotopic (exact) mass is 243 g/mol. The molecule has 1 fully saturated rings. The van der Waals surface area contributed by atoms with Gasteiger partial charge in [-0.25, -0.2) is 0 Å². The summed E-state index contributed by atoms with van der Waals surface area (Å²) >= 11 is 5.06. The van der Waals surface area contributed by atoms with Crippen LogP contribution >= 0.6 is 12.2 Å². The second-order valence-corrected chi connectivity index (χ2v) is 5.45. The highest BCUT2D eigenvalue weighted by molar-refractivity contribution is 7.80. The minimum Gasteiger partial charge on any atom is -0.393 e. The number of thiocarbonyl (C=S) groups is 1. The molecule has 0 aliphatic carbocycles. The van der Waals surface area contributed by atoms with Crippen LogP contribution in [0.3, 0.4) is 0 Å². The average molecular weight is 243 g/mol. The smallest absolute Gasteiger partial charge is 0.0768 e. The predicted octanol–water partition coefficient (Wildman–Crippen LogP) is 1.32. The van der Waals surface area contributed by atoms with Gasteiger partial charge in [0.05, 0.1) is 4.99 Å². The lowest BCUT2D eigenvalue weighted by atomic mass is 10.1. The van der Waals surface area contributed by atoms with Gasteiger partial charge in [0.2, 0.25) is 0 Å². The molecule has 1 aliphatic heterocycles. The minimum atomic E-state index is 0.326. The Morgan fingerprint density at radius 2 is 2.19 bits per heavy atom. The van der Waals surface area contributed by atoms with Gasteiger partial charge in [0.25, 0.3) is 0 Å². The summed E-state index contributed by atoms with van der Waals surface area (Å²) in [5.41, 5.74) is 5.70. The summed E-state index contributed by atoms with van der Waals surface area (Å²) in [6, 6.07) is 0.657. The van der Waals surface area contributed by atoms with Crippen molar-refractivity contribution >= 4 is 17.2 Å². The van der Waals surface area contributed by atoms with Crippen LogP contribution in [0.5, 0.6) is 0 Å². The molecule has 2 N–H and O–H groups in total. The van der Waals surface area contributed by atoms with Crippen molar-refractivity contribution in [2.75, 3.05) is 33.2 Å². The van der Waals surface area contributed by atoms with Gasteiger partial charge in [-0.3, -0.25) is 4.90 Å². The van der Waals surface area contributed by atoms with E-state index in [-0.39, 0.29) is 0 Å². The minimum absolute atomic E-state index is 0.326. The average Bonchev–Trinajstić information content (AvgIpc) is 2.40. The Hall–Kier alpha value is -0.190. The van der Waals surface area contributed by atoms with Gasteiger partial charge in [-0.05, 0) is 33.0 Å². The molecule has 0 aromatic carbocycles. The molecule has 0 amide bonds. The second-order valence-electron chi connectivity index (χ2n) is 4.98. The summed E-state index contributed by atoms with van der Waals surface area (Å²) < 4.78 is 0. The Labute approximate surface area is 105 Å². The fourth-order valence-electron chi connectivity index (χ4n) is 2.36. The van der Waals surface area contributed by atoms with E-state index >= 15 is 0 Å². The van der Waals surface area contributed by atoms with E-state index in [0.717, 1.165) is 6.54 Å². The van der Waals surface area contributed by atoms with Crippen molar-refractivity contribution in [3.8, 4) is 0 Å². The van der Waals surface area contributed by atoms with Crippen molar-refractivity contribution in [2.24, 2.45) is 11.7 Å². The first-order valence-corrected chi connectivity index (χ1v) is 6.67. The lowest BCUT2D eigenvalue weighted by Crippen LogP contribution is -2.43. The molecule has 1 heterocycles. The van der Waals surface area contributed by atoms with Crippen molar-refractivity contribution in [1.29, 1.82) is 0 Å². The van der Waals surface area contributed by atoms with Gasteiger partial charge in [-0.15, -0.1) is 0 Å². The van der Waals surface area contributed by atoms with E-state index in [0.29, 0.717) is 16.9 Å². The number of rotatable bonds is 4. The fourth-order valence-corrected chi connectivity index (χ4v) is 2.44. The Morgan fingerprint density at radius 3 is 2.75 bits per heavy atom. The number of nitrogens with two attached hydrogens (primary N) is 1. The van der Waals surface area contributed by atoms with Crippen LogP contribution in [0.15, 0.2) is 0 Å². The molecule has 1 saturated heterocycles. The zero-order chi connectivity index (χ0) is 12.1. The lowest BCUT2D eigenvalue weighted by molar-refractivity contribution is 0.174. The highest BCUT2D eigenvalue weighted by Crippen LogP contribution is 2.14. The van der Waals surface area contributed by atoms with Crippen molar-refractivity contribution in [2.45, 2.75) is 32.7 Å². The van der Waals surface area contributed by atoms with Crippen LogP contribution in [-0.4, -0.2) is 54.1 Å². The molecule has 4 heteroatoms. The van der Waals surface area contributed by atoms with Crippen LogP contribution in [-0.2, 0) is 0 Å². The van der Waals surface area contributed by atoms with Gasteiger partial charge in [0.15, 0.2) is 0 Å². The Kier molecular flexibility index (Phi) is 5.66. The fraction of sp³-hybridized carbons (Fsp3) is 0.917. The van der Waals surface area contributed by atoms with E-state index in [2.05, 4.69) is 30.7 Å². The molecule has 0 spiro atoms. The van der Waals surface area contributed by atoms with Gasteiger partial charge in [-0.1, -0.05) is 26.1 Å².